The summed E-state index contributed by atoms with van der Waals surface area (Å²) in [6.07, 6.45) is -4.02. The van der Waals surface area contributed by atoms with Crippen LogP contribution in [0.5, 0.6) is 11.5 Å². The molecule has 0 atom stereocenters. The predicted molar refractivity (Wildman–Crippen MR) is 76.1 cm³/mol. The second kappa shape index (κ2) is 5.82. The number of aldehydes is 1. The van der Waals surface area contributed by atoms with E-state index in [0.717, 1.165) is 21.8 Å². The van der Waals surface area contributed by atoms with E-state index in [1.165, 1.54) is 0 Å². The van der Waals surface area contributed by atoms with Crippen LogP contribution in [0.15, 0.2) is 42.5 Å². The molecule has 0 aliphatic rings. The fourth-order valence-corrected chi connectivity index (χ4v) is 2.04. The van der Waals surface area contributed by atoms with Gasteiger partial charge in [0.05, 0.1) is 14.7 Å². The van der Waals surface area contributed by atoms with Crippen molar-refractivity contribution in [3.8, 4) is 11.5 Å². The van der Waals surface area contributed by atoms with Crippen molar-refractivity contribution in [2.45, 2.75) is 6.18 Å². The van der Waals surface area contributed by atoms with Crippen LogP contribution in [0.25, 0.3) is 0 Å². The summed E-state index contributed by atoms with van der Waals surface area (Å²) in [4.78, 5) is 10.9. The first-order valence-electron chi connectivity index (χ1n) is 5.50. The molecule has 0 saturated carbocycles. The van der Waals surface area contributed by atoms with Gasteiger partial charge in [0, 0.05) is 0 Å². The molecule has 0 heterocycles. The number of carbonyl (C=O) groups is 1. The fraction of sp³-hybridized carbons (Fsp3) is 0.0714. The average Bonchev–Trinajstić information content (AvgIpc) is 2.40. The quantitative estimate of drug-likeness (QED) is 0.548. The van der Waals surface area contributed by atoms with Crippen LogP contribution in [-0.2, 0) is 6.18 Å². The molecule has 20 heavy (non-hydrogen) atoms. The highest BCUT2D eigenvalue weighted by atomic mass is 127. The molecule has 0 radical (unpaired) electrons. The monoisotopic (exact) mass is 392 g/mol. The van der Waals surface area contributed by atoms with Crippen molar-refractivity contribution >= 4 is 28.9 Å². The van der Waals surface area contributed by atoms with Gasteiger partial charge in [-0.1, -0.05) is 12.1 Å². The number of hydrogen-bond donors (Lipinski definition) is 0. The Bertz CT molecular complexity index is 639. The van der Waals surface area contributed by atoms with Crippen LogP contribution in [0.4, 0.5) is 13.2 Å². The van der Waals surface area contributed by atoms with Gasteiger partial charge in [-0.05, 0) is 52.9 Å². The van der Waals surface area contributed by atoms with E-state index in [4.69, 9.17) is 4.74 Å². The number of benzene rings is 2. The van der Waals surface area contributed by atoms with Crippen molar-refractivity contribution in [1.82, 2.24) is 0 Å². The zero-order valence-corrected chi connectivity index (χ0v) is 12.1. The maximum absolute atomic E-state index is 12.7. The molecule has 6 heteroatoms. The number of ether oxygens (including phenoxy) is 1. The van der Waals surface area contributed by atoms with Gasteiger partial charge in [0.1, 0.15) is 11.5 Å². The first-order chi connectivity index (χ1) is 9.41. The Kier molecular flexibility index (Phi) is 4.32. The third-order valence-corrected chi connectivity index (χ3v) is 3.42. The van der Waals surface area contributed by atoms with E-state index in [-0.39, 0.29) is 11.3 Å². The van der Waals surface area contributed by atoms with Crippen molar-refractivity contribution in [1.29, 1.82) is 0 Å². The minimum absolute atomic E-state index is 0.0673. The summed E-state index contributed by atoms with van der Waals surface area (Å²) < 4.78 is 44.2. The molecule has 0 saturated heterocycles. The Morgan fingerprint density at radius 1 is 1.05 bits per heavy atom. The molecule has 2 aromatic carbocycles. The first kappa shape index (κ1) is 14.8. The zero-order chi connectivity index (χ0) is 14.8. The van der Waals surface area contributed by atoms with Crippen LogP contribution >= 0.6 is 22.6 Å². The van der Waals surface area contributed by atoms with E-state index < -0.39 is 11.7 Å². The Morgan fingerprint density at radius 2 is 1.75 bits per heavy atom. The average molecular weight is 392 g/mol. The van der Waals surface area contributed by atoms with Crippen molar-refractivity contribution < 1.29 is 22.7 Å². The van der Waals surface area contributed by atoms with Gasteiger partial charge in [-0.3, -0.25) is 4.79 Å². The second-order valence-corrected chi connectivity index (χ2v) is 5.06. The molecule has 0 fully saturated rings. The predicted octanol–water partition coefficient (Wildman–Crippen LogP) is 4.91. The molecule has 0 unspecified atom stereocenters. The lowest BCUT2D eigenvalue weighted by atomic mass is 10.1. The van der Waals surface area contributed by atoms with Crippen LogP contribution in [0.2, 0.25) is 0 Å². The van der Waals surface area contributed by atoms with E-state index in [1.807, 2.05) is 22.6 Å². The summed E-state index contributed by atoms with van der Waals surface area (Å²) in [5.74, 6) is 0.287. The maximum Gasteiger partial charge on any atom is 0.416 e. The highest BCUT2D eigenvalue weighted by Gasteiger charge is 2.31. The van der Waals surface area contributed by atoms with Gasteiger partial charge in [0.2, 0.25) is 0 Å². The third-order valence-electron chi connectivity index (χ3n) is 2.52. The number of para-hydroxylation sites is 1. The van der Waals surface area contributed by atoms with Crippen molar-refractivity contribution in [3.05, 3.63) is 57.2 Å². The van der Waals surface area contributed by atoms with Gasteiger partial charge in [-0.2, -0.15) is 13.2 Å². The zero-order valence-electron chi connectivity index (χ0n) is 9.95. The topological polar surface area (TPSA) is 26.3 Å². The summed E-state index contributed by atoms with van der Waals surface area (Å²) in [5, 5.41) is 0. The highest BCUT2D eigenvalue weighted by Crippen LogP contribution is 2.35. The van der Waals surface area contributed by atoms with Gasteiger partial charge in [-0.15, -0.1) is 0 Å². The molecule has 0 aromatic heterocycles. The molecule has 0 amide bonds. The SMILES string of the molecule is O=Cc1ccc(C(F)(F)F)cc1Oc1ccccc1I. The Balaban J connectivity index is 2.44. The molecule has 0 N–H and O–H groups in total. The maximum atomic E-state index is 12.7. The van der Waals surface area contributed by atoms with Crippen molar-refractivity contribution in [2.75, 3.05) is 0 Å². The number of carbonyl (C=O) groups excluding carboxylic acids is 1. The lowest BCUT2D eigenvalue weighted by Gasteiger charge is -2.12. The van der Waals surface area contributed by atoms with Crippen molar-refractivity contribution in [3.63, 3.8) is 0 Å². The summed E-state index contributed by atoms with van der Waals surface area (Å²) >= 11 is 2.00. The molecular formula is C14H8F3IO2. The van der Waals surface area contributed by atoms with E-state index in [0.29, 0.717) is 12.0 Å². The highest BCUT2D eigenvalue weighted by molar-refractivity contribution is 14.1. The first-order valence-corrected chi connectivity index (χ1v) is 6.58. The van der Waals surface area contributed by atoms with E-state index in [9.17, 15) is 18.0 Å². The van der Waals surface area contributed by atoms with Gasteiger partial charge in [0.25, 0.3) is 0 Å². The van der Waals surface area contributed by atoms with Gasteiger partial charge in [-0.25, -0.2) is 0 Å². The molecular weight excluding hydrogens is 384 g/mol. The van der Waals surface area contributed by atoms with E-state index in [1.54, 1.807) is 24.3 Å². The Labute approximate surface area is 126 Å². The summed E-state index contributed by atoms with van der Waals surface area (Å²) in [6.45, 7) is 0. The largest absolute Gasteiger partial charge is 0.455 e. The van der Waals surface area contributed by atoms with Crippen LogP contribution in [0, 0.1) is 3.57 Å². The molecule has 2 nitrogen and oxygen atoms in total. The normalized spacial score (nSPS) is 11.2. The lowest BCUT2D eigenvalue weighted by molar-refractivity contribution is -0.137. The van der Waals surface area contributed by atoms with Crippen LogP contribution in [-0.4, -0.2) is 6.29 Å². The molecule has 0 aliphatic carbocycles. The minimum atomic E-state index is -4.48. The van der Waals surface area contributed by atoms with Crippen LogP contribution in [0.1, 0.15) is 15.9 Å². The Morgan fingerprint density at radius 3 is 2.35 bits per heavy atom. The Hall–Kier alpha value is -1.57. The molecule has 0 bridgehead atoms. The van der Waals surface area contributed by atoms with Crippen LogP contribution in [0.3, 0.4) is 0 Å². The standard InChI is InChI=1S/C14H8F3IO2/c15-14(16,17)10-6-5-9(8-19)13(7-10)20-12-4-2-1-3-11(12)18/h1-8H. The number of halogens is 4. The third kappa shape index (κ3) is 3.30. The van der Waals surface area contributed by atoms with E-state index >= 15 is 0 Å². The van der Waals surface area contributed by atoms with Crippen LogP contribution < -0.4 is 4.74 Å². The second-order valence-electron chi connectivity index (χ2n) is 3.90. The molecule has 0 aliphatic heterocycles. The molecule has 0 spiro atoms. The van der Waals surface area contributed by atoms with Crippen molar-refractivity contribution in [2.24, 2.45) is 0 Å². The van der Waals surface area contributed by atoms with Gasteiger partial charge < -0.3 is 4.74 Å². The number of hydrogen-bond acceptors (Lipinski definition) is 2. The molecule has 2 rings (SSSR count). The fourth-order valence-electron chi connectivity index (χ4n) is 1.54. The minimum Gasteiger partial charge on any atom is -0.455 e. The number of rotatable bonds is 3. The summed E-state index contributed by atoms with van der Waals surface area (Å²) in [5.41, 5.74) is -0.790. The number of alkyl halides is 3. The smallest absolute Gasteiger partial charge is 0.416 e. The van der Waals surface area contributed by atoms with E-state index in [2.05, 4.69) is 0 Å². The summed E-state index contributed by atoms with van der Waals surface area (Å²) in [6, 6.07) is 9.63. The summed E-state index contributed by atoms with van der Waals surface area (Å²) in [7, 11) is 0. The van der Waals surface area contributed by atoms with Gasteiger partial charge in [0.15, 0.2) is 6.29 Å². The lowest BCUT2D eigenvalue weighted by Crippen LogP contribution is -2.05. The molecule has 104 valence electrons. The van der Waals surface area contributed by atoms with Gasteiger partial charge >= 0.3 is 6.18 Å². The molecule has 2 aromatic rings.